The van der Waals surface area contributed by atoms with Gasteiger partial charge in [-0.2, -0.15) is 0 Å². The molecule has 0 aliphatic carbocycles. The van der Waals surface area contributed by atoms with Gasteiger partial charge in [-0.3, -0.25) is 0 Å². The highest BCUT2D eigenvalue weighted by atomic mass is 16.5. The molecule has 3 heteroatoms. The molecule has 0 fully saturated rings. The average Bonchev–Trinajstić information content (AvgIpc) is 2.76. The van der Waals surface area contributed by atoms with Crippen LogP contribution in [0.25, 0.3) is 10.9 Å². The second-order valence-electron chi connectivity index (χ2n) is 4.08. The molecule has 0 aliphatic heterocycles. The predicted octanol–water partition coefficient (Wildman–Crippen LogP) is 2.29. The molecule has 1 atom stereocenters. The molecule has 2 rings (SSSR count). The SMILES string of the molecule is COC(C)CNCc1ccc2cc[nH]c2c1. The second-order valence-corrected chi connectivity index (χ2v) is 4.08. The largest absolute Gasteiger partial charge is 0.380 e. The lowest BCUT2D eigenvalue weighted by Crippen LogP contribution is -2.25. The van der Waals surface area contributed by atoms with E-state index >= 15 is 0 Å². The summed E-state index contributed by atoms with van der Waals surface area (Å²) < 4.78 is 5.18. The van der Waals surface area contributed by atoms with Gasteiger partial charge in [-0.1, -0.05) is 12.1 Å². The number of ether oxygens (including phenoxy) is 1. The van der Waals surface area contributed by atoms with Crippen molar-refractivity contribution < 1.29 is 4.74 Å². The number of hydrogen-bond acceptors (Lipinski definition) is 2. The van der Waals surface area contributed by atoms with Crippen LogP contribution in [-0.4, -0.2) is 24.7 Å². The number of H-pyrrole nitrogens is 1. The first-order chi connectivity index (χ1) is 7.79. The average molecular weight is 218 g/mol. The van der Waals surface area contributed by atoms with E-state index in [2.05, 4.69) is 41.5 Å². The Balaban J connectivity index is 1.93. The molecule has 1 aromatic carbocycles. The number of aromatic amines is 1. The zero-order chi connectivity index (χ0) is 11.4. The lowest BCUT2D eigenvalue weighted by atomic mass is 10.1. The van der Waals surface area contributed by atoms with Gasteiger partial charge in [-0.05, 0) is 30.0 Å². The molecule has 0 amide bonds. The summed E-state index contributed by atoms with van der Waals surface area (Å²) in [5, 5.41) is 4.63. The monoisotopic (exact) mass is 218 g/mol. The van der Waals surface area contributed by atoms with Crippen molar-refractivity contribution in [2.75, 3.05) is 13.7 Å². The molecule has 1 aromatic heterocycles. The molecule has 16 heavy (non-hydrogen) atoms. The quantitative estimate of drug-likeness (QED) is 0.808. The van der Waals surface area contributed by atoms with Crippen molar-refractivity contribution in [2.24, 2.45) is 0 Å². The van der Waals surface area contributed by atoms with Crippen LogP contribution < -0.4 is 5.32 Å². The highest BCUT2D eigenvalue weighted by molar-refractivity contribution is 5.79. The Bertz CT molecular complexity index is 450. The van der Waals surface area contributed by atoms with E-state index in [4.69, 9.17) is 4.74 Å². The Morgan fingerprint density at radius 3 is 3.06 bits per heavy atom. The van der Waals surface area contributed by atoms with Gasteiger partial charge in [0.25, 0.3) is 0 Å². The predicted molar refractivity (Wildman–Crippen MR) is 66.5 cm³/mol. The third kappa shape index (κ3) is 2.62. The summed E-state index contributed by atoms with van der Waals surface area (Å²) in [5.74, 6) is 0. The van der Waals surface area contributed by atoms with E-state index in [0.29, 0.717) is 0 Å². The Kier molecular flexibility index (Phi) is 3.59. The number of rotatable bonds is 5. The summed E-state index contributed by atoms with van der Waals surface area (Å²) in [5.41, 5.74) is 2.48. The number of aromatic nitrogens is 1. The number of methoxy groups -OCH3 is 1. The van der Waals surface area contributed by atoms with Crippen molar-refractivity contribution >= 4 is 10.9 Å². The minimum absolute atomic E-state index is 0.259. The maximum Gasteiger partial charge on any atom is 0.0667 e. The number of fused-ring (bicyclic) bond motifs is 1. The van der Waals surface area contributed by atoms with E-state index in [0.717, 1.165) is 13.1 Å². The minimum atomic E-state index is 0.259. The first-order valence-corrected chi connectivity index (χ1v) is 5.59. The van der Waals surface area contributed by atoms with Crippen LogP contribution in [-0.2, 0) is 11.3 Å². The molecule has 0 spiro atoms. The third-order valence-electron chi connectivity index (χ3n) is 2.78. The summed E-state index contributed by atoms with van der Waals surface area (Å²) in [6.45, 7) is 3.81. The van der Waals surface area contributed by atoms with Crippen LogP contribution in [0, 0.1) is 0 Å². The van der Waals surface area contributed by atoms with Gasteiger partial charge in [0.1, 0.15) is 0 Å². The zero-order valence-electron chi connectivity index (χ0n) is 9.79. The Labute approximate surface area is 95.8 Å². The summed E-state index contributed by atoms with van der Waals surface area (Å²) in [4.78, 5) is 3.22. The maximum atomic E-state index is 5.18. The molecule has 0 radical (unpaired) electrons. The maximum absolute atomic E-state index is 5.18. The summed E-state index contributed by atoms with van der Waals surface area (Å²) in [6, 6.07) is 8.56. The number of hydrogen-bond donors (Lipinski definition) is 2. The Morgan fingerprint density at radius 1 is 1.38 bits per heavy atom. The molecule has 1 heterocycles. The molecular formula is C13H18N2O. The van der Waals surface area contributed by atoms with E-state index in [-0.39, 0.29) is 6.10 Å². The van der Waals surface area contributed by atoms with Crippen molar-refractivity contribution in [3.63, 3.8) is 0 Å². The number of nitrogens with one attached hydrogen (secondary N) is 2. The molecule has 0 saturated heterocycles. The highest BCUT2D eigenvalue weighted by Gasteiger charge is 2.00. The number of benzene rings is 1. The van der Waals surface area contributed by atoms with Gasteiger partial charge in [-0.25, -0.2) is 0 Å². The molecule has 0 aliphatic rings. The topological polar surface area (TPSA) is 37.0 Å². The summed E-state index contributed by atoms with van der Waals surface area (Å²) >= 11 is 0. The minimum Gasteiger partial charge on any atom is -0.380 e. The van der Waals surface area contributed by atoms with Crippen molar-refractivity contribution in [2.45, 2.75) is 19.6 Å². The van der Waals surface area contributed by atoms with Gasteiger partial charge in [0.2, 0.25) is 0 Å². The smallest absolute Gasteiger partial charge is 0.0667 e. The molecule has 0 saturated carbocycles. The molecule has 86 valence electrons. The van der Waals surface area contributed by atoms with E-state index in [1.54, 1.807) is 7.11 Å². The van der Waals surface area contributed by atoms with Crippen LogP contribution >= 0.6 is 0 Å². The summed E-state index contributed by atoms with van der Waals surface area (Å²) in [7, 11) is 1.73. The van der Waals surface area contributed by atoms with Crippen molar-refractivity contribution in [1.82, 2.24) is 10.3 Å². The van der Waals surface area contributed by atoms with Crippen LogP contribution in [0.3, 0.4) is 0 Å². The lowest BCUT2D eigenvalue weighted by Gasteiger charge is -2.10. The van der Waals surface area contributed by atoms with Crippen molar-refractivity contribution in [3.8, 4) is 0 Å². The first-order valence-electron chi connectivity index (χ1n) is 5.59. The Morgan fingerprint density at radius 2 is 2.25 bits per heavy atom. The third-order valence-corrected chi connectivity index (χ3v) is 2.78. The van der Waals surface area contributed by atoms with Crippen molar-refractivity contribution in [1.29, 1.82) is 0 Å². The second kappa shape index (κ2) is 5.14. The van der Waals surface area contributed by atoms with Gasteiger partial charge in [0, 0.05) is 31.9 Å². The normalized spacial score (nSPS) is 13.1. The van der Waals surface area contributed by atoms with Crippen LogP contribution in [0.4, 0.5) is 0 Å². The highest BCUT2D eigenvalue weighted by Crippen LogP contribution is 2.13. The van der Waals surface area contributed by atoms with Crippen molar-refractivity contribution in [3.05, 3.63) is 36.0 Å². The molecule has 1 unspecified atom stereocenters. The van der Waals surface area contributed by atoms with Crippen LogP contribution in [0.15, 0.2) is 30.5 Å². The van der Waals surface area contributed by atoms with Gasteiger partial charge < -0.3 is 15.0 Å². The Hall–Kier alpha value is -1.32. The van der Waals surface area contributed by atoms with Crippen LogP contribution in [0.2, 0.25) is 0 Å². The van der Waals surface area contributed by atoms with E-state index in [1.807, 2.05) is 6.20 Å². The zero-order valence-corrected chi connectivity index (χ0v) is 9.79. The van der Waals surface area contributed by atoms with Gasteiger partial charge in [0.05, 0.1) is 6.10 Å². The summed E-state index contributed by atoms with van der Waals surface area (Å²) in [6.07, 6.45) is 2.23. The molecule has 2 N–H and O–H groups in total. The molecule has 2 aromatic rings. The van der Waals surface area contributed by atoms with Gasteiger partial charge in [-0.15, -0.1) is 0 Å². The van der Waals surface area contributed by atoms with E-state index in [9.17, 15) is 0 Å². The van der Waals surface area contributed by atoms with Crippen LogP contribution in [0.5, 0.6) is 0 Å². The molecule has 3 nitrogen and oxygen atoms in total. The fourth-order valence-corrected chi connectivity index (χ4v) is 1.71. The van der Waals surface area contributed by atoms with Gasteiger partial charge >= 0.3 is 0 Å². The molecule has 0 bridgehead atoms. The standard InChI is InChI=1S/C13H18N2O/c1-10(16-2)8-14-9-11-3-4-12-5-6-15-13(12)7-11/h3-7,10,14-15H,8-9H2,1-2H3. The van der Waals surface area contributed by atoms with Crippen LogP contribution in [0.1, 0.15) is 12.5 Å². The van der Waals surface area contributed by atoms with E-state index < -0.39 is 0 Å². The van der Waals surface area contributed by atoms with Gasteiger partial charge in [0.15, 0.2) is 0 Å². The van der Waals surface area contributed by atoms with E-state index in [1.165, 1.54) is 16.5 Å². The fraction of sp³-hybridized carbons (Fsp3) is 0.385. The first kappa shape index (κ1) is 11.2. The molecular weight excluding hydrogens is 200 g/mol. The lowest BCUT2D eigenvalue weighted by molar-refractivity contribution is 0.117. The fourth-order valence-electron chi connectivity index (χ4n) is 1.71.